The number of nitrogens with zero attached hydrogens (tertiary/aromatic N) is 1. The van der Waals surface area contributed by atoms with Crippen molar-refractivity contribution in [3.63, 3.8) is 0 Å². The van der Waals surface area contributed by atoms with E-state index in [0.29, 0.717) is 16.6 Å². The van der Waals surface area contributed by atoms with Crippen molar-refractivity contribution in [2.75, 3.05) is 5.32 Å². The average Bonchev–Trinajstić information content (AvgIpc) is 3.10. The quantitative estimate of drug-likeness (QED) is 0.454. The Bertz CT molecular complexity index is 1080. The van der Waals surface area contributed by atoms with Gasteiger partial charge < -0.3 is 0 Å². The van der Waals surface area contributed by atoms with Gasteiger partial charge in [0.1, 0.15) is 0 Å². The second-order valence-electron chi connectivity index (χ2n) is 6.80. The summed E-state index contributed by atoms with van der Waals surface area (Å²) in [5.41, 5.74) is 5.04. The minimum Gasteiger partial charge on any atom is -0.298 e. The highest BCUT2D eigenvalue weighted by atomic mass is 32.1. The largest absolute Gasteiger partial charge is 0.298 e. The van der Waals surface area contributed by atoms with E-state index < -0.39 is 0 Å². The molecule has 0 saturated carbocycles. The van der Waals surface area contributed by atoms with Crippen molar-refractivity contribution in [1.82, 2.24) is 4.98 Å². The molecule has 27 heavy (non-hydrogen) atoms. The molecule has 0 radical (unpaired) electrons. The molecule has 0 bridgehead atoms. The van der Waals surface area contributed by atoms with Gasteiger partial charge >= 0.3 is 0 Å². The number of hydrogen-bond donors (Lipinski definition) is 1. The van der Waals surface area contributed by atoms with Gasteiger partial charge in [-0.25, -0.2) is 4.98 Å². The third-order valence-corrected chi connectivity index (χ3v) is 5.49. The SMILES string of the molecule is CC(C)c1ccc2nc(NC(=O)c3ccc(-c4ccccc4)cc3)sc2c1. The summed E-state index contributed by atoms with van der Waals surface area (Å²) in [5, 5.41) is 3.55. The highest BCUT2D eigenvalue weighted by molar-refractivity contribution is 7.22. The maximum absolute atomic E-state index is 12.6. The average molecular weight is 372 g/mol. The second kappa shape index (κ2) is 7.33. The zero-order valence-corrected chi connectivity index (χ0v) is 16.1. The van der Waals surface area contributed by atoms with Gasteiger partial charge in [-0.1, -0.05) is 73.7 Å². The topological polar surface area (TPSA) is 42.0 Å². The fraction of sp³-hybridized carbons (Fsp3) is 0.130. The molecule has 1 amide bonds. The van der Waals surface area contributed by atoms with Crippen LogP contribution in [-0.4, -0.2) is 10.9 Å². The Morgan fingerprint density at radius 2 is 1.63 bits per heavy atom. The zero-order chi connectivity index (χ0) is 18.8. The van der Waals surface area contributed by atoms with E-state index in [0.717, 1.165) is 21.3 Å². The van der Waals surface area contributed by atoms with Crippen LogP contribution in [0.5, 0.6) is 0 Å². The molecule has 4 heteroatoms. The van der Waals surface area contributed by atoms with Crippen LogP contribution in [0.3, 0.4) is 0 Å². The molecule has 0 aliphatic heterocycles. The van der Waals surface area contributed by atoms with Crippen LogP contribution in [0.15, 0.2) is 72.8 Å². The first-order valence-electron chi connectivity index (χ1n) is 8.97. The molecule has 0 fully saturated rings. The molecule has 0 aliphatic carbocycles. The van der Waals surface area contributed by atoms with Gasteiger partial charge in [0.05, 0.1) is 10.2 Å². The monoisotopic (exact) mass is 372 g/mol. The van der Waals surface area contributed by atoms with Crippen LogP contribution in [0.4, 0.5) is 5.13 Å². The fourth-order valence-electron chi connectivity index (χ4n) is 2.97. The Labute approximate surface area is 162 Å². The van der Waals surface area contributed by atoms with E-state index in [-0.39, 0.29) is 5.91 Å². The van der Waals surface area contributed by atoms with Gasteiger partial charge in [0.2, 0.25) is 0 Å². The minimum absolute atomic E-state index is 0.141. The summed E-state index contributed by atoms with van der Waals surface area (Å²) in [6, 6.07) is 24.0. The van der Waals surface area contributed by atoms with Crippen molar-refractivity contribution >= 4 is 32.6 Å². The second-order valence-corrected chi connectivity index (χ2v) is 7.83. The van der Waals surface area contributed by atoms with Gasteiger partial charge in [0.25, 0.3) is 5.91 Å². The van der Waals surface area contributed by atoms with E-state index in [1.165, 1.54) is 16.9 Å². The molecule has 0 spiro atoms. The van der Waals surface area contributed by atoms with Crippen LogP contribution in [0.25, 0.3) is 21.3 Å². The Kier molecular flexibility index (Phi) is 4.73. The van der Waals surface area contributed by atoms with Crippen LogP contribution in [0, 0.1) is 0 Å². The predicted octanol–water partition coefficient (Wildman–Crippen LogP) is 6.34. The molecule has 0 aliphatic rings. The van der Waals surface area contributed by atoms with Crippen LogP contribution in [-0.2, 0) is 0 Å². The van der Waals surface area contributed by atoms with Gasteiger partial charge in [-0.3, -0.25) is 10.1 Å². The maximum Gasteiger partial charge on any atom is 0.257 e. The number of nitrogens with one attached hydrogen (secondary N) is 1. The molecular weight excluding hydrogens is 352 g/mol. The number of carbonyl (C=O) groups is 1. The lowest BCUT2D eigenvalue weighted by atomic mass is 10.0. The van der Waals surface area contributed by atoms with Crippen molar-refractivity contribution in [2.24, 2.45) is 0 Å². The van der Waals surface area contributed by atoms with Crippen molar-refractivity contribution < 1.29 is 4.79 Å². The molecule has 1 heterocycles. The first kappa shape index (κ1) is 17.4. The molecule has 1 N–H and O–H groups in total. The summed E-state index contributed by atoms with van der Waals surface area (Å²) in [5.74, 6) is 0.329. The standard InChI is InChI=1S/C23H20N2OS/c1-15(2)19-12-13-20-21(14-19)27-23(24-20)25-22(26)18-10-8-17(9-11-18)16-6-4-3-5-7-16/h3-15H,1-2H3,(H,24,25,26). The van der Waals surface area contributed by atoms with Crippen molar-refractivity contribution in [2.45, 2.75) is 19.8 Å². The number of benzene rings is 3. The lowest BCUT2D eigenvalue weighted by molar-refractivity contribution is 0.102. The van der Waals surface area contributed by atoms with Crippen LogP contribution >= 0.6 is 11.3 Å². The molecule has 4 rings (SSSR count). The molecule has 0 unspecified atom stereocenters. The highest BCUT2D eigenvalue weighted by Gasteiger charge is 2.11. The first-order valence-corrected chi connectivity index (χ1v) is 9.79. The molecule has 3 aromatic carbocycles. The predicted molar refractivity (Wildman–Crippen MR) is 114 cm³/mol. The van der Waals surface area contributed by atoms with Crippen molar-refractivity contribution in [3.05, 3.63) is 83.9 Å². The fourth-order valence-corrected chi connectivity index (χ4v) is 3.88. The number of hydrogen-bond acceptors (Lipinski definition) is 3. The van der Waals surface area contributed by atoms with E-state index in [2.05, 4.69) is 48.4 Å². The number of thiazole rings is 1. The van der Waals surface area contributed by atoms with E-state index >= 15 is 0 Å². The van der Waals surface area contributed by atoms with Crippen molar-refractivity contribution in [1.29, 1.82) is 0 Å². The molecular formula is C23H20N2OS. The summed E-state index contributed by atoms with van der Waals surface area (Å²) >= 11 is 1.51. The minimum atomic E-state index is -0.141. The summed E-state index contributed by atoms with van der Waals surface area (Å²) in [6.07, 6.45) is 0. The number of fused-ring (bicyclic) bond motifs is 1. The Morgan fingerprint density at radius 3 is 2.33 bits per heavy atom. The zero-order valence-electron chi connectivity index (χ0n) is 15.3. The lowest BCUT2D eigenvalue weighted by Gasteiger charge is -2.04. The smallest absolute Gasteiger partial charge is 0.257 e. The highest BCUT2D eigenvalue weighted by Crippen LogP contribution is 2.29. The third-order valence-electron chi connectivity index (χ3n) is 4.55. The van der Waals surface area contributed by atoms with E-state index in [1.54, 1.807) is 0 Å². The Morgan fingerprint density at radius 1 is 0.926 bits per heavy atom. The summed E-state index contributed by atoms with van der Waals surface area (Å²) in [7, 11) is 0. The number of rotatable bonds is 4. The first-order chi connectivity index (χ1) is 13.1. The third kappa shape index (κ3) is 3.76. The number of aromatic nitrogens is 1. The van der Waals surface area contributed by atoms with Gasteiger partial charge in [-0.05, 0) is 46.9 Å². The number of carbonyl (C=O) groups excluding carboxylic acids is 1. The Hall–Kier alpha value is -2.98. The summed E-state index contributed by atoms with van der Waals surface area (Å²) in [6.45, 7) is 4.34. The van der Waals surface area contributed by atoms with Crippen LogP contribution < -0.4 is 5.32 Å². The maximum atomic E-state index is 12.6. The number of anilines is 1. The van der Waals surface area contributed by atoms with Crippen LogP contribution in [0.1, 0.15) is 35.7 Å². The van der Waals surface area contributed by atoms with Gasteiger partial charge in [-0.15, -0.1) is 0 Å². The molecule has 0 atom stereocenters. The Balaban J connectivity index is 1.52. The van der Waals surface area contributed by atoms with Crippen LogP contribution in [0.2, 0.25) is 0 Å². The lowest BCUT2D eigenvalue weighted by Crippen LogP contribution is -2.11. The molecule has 1 aromatic heterocycles. The number of amides is 1. The van der Waals surface area contributed by atoms with Crippen molar-refractivity contribution in [3.8, 4) is 11.1 Å². The van der Waals surface area contributed by atoms with E-state index in [9.17, 15) is 4.79 Å². The molecule has 134 valence electrons. The van der Waals surface area contributed by atoms with Gasteiger partial charge in [0, 0.05) is 5.56 Å². The molecule has 0 saturated heterocycles. The van der Waals surface area contributed by atoms with E-state index in [1.807, 2.05) is 48.5 Å². The molecule has 3 nitrogen and oxygen atoms in total. The summed E-state index contributed by atoms with van der Waals surface area (Å²) < 4.78 is 1.09. The normalized spacial score (nSPS) is 11.1. The van der Waals surface area contributed by atoms with Gasteiger partial charge in [0.15, 0.2) is 5.13 Å². The molecule has 4 aromatic rings. The van der Waals surface area contributed by atoms with Gasteiger partial charge in [-0.2, -0.15) is 0 Å². The van der Waals surface area contributed by atoms with E-state index in [4.69, 9.17) is 0 Å². The summed E-state index contributed by atoms with van der Waals surface area (Å²) in [4.78, 5) is 17.1.